The fourth-order valence-electron chi connectivity index (χ4n) is 3.08. The summed E-state index contributed by atoms with van der Waals surface area (Å²) in [5.41, 5.74) is 1.79. The lowest BCUT2D eigenvalue weighted by atomic mass is 10.1. The molecule has 2 aromatic heterocycles. The van der Waals surface area contributed by atoms with E-state index in [2.05, 4.69) is 20.4 Å². The number of ether oxygens (including phenoxy) is 1. The quantitative estimate of drug-likeness (QED) is 0.750. The number of nitrogens with one attached hydrogen (secondary N) is 1. The van der Waals surface area contributed by atoms with Crippen molar-refractivity contribution < 1.29 is 13.9 Å². The summed E-state index contributed by atoms with van der Waals surface area (Å²) in [6.07, 6.45) is 1.53. The van der Waals surface area contributed by atoms with Crippen LogP contribution in [0.5, 0.6) is 5.75 Å². The summed E-state index contributed by atoms with van der Waals surface area (Å²) in [7, 11) is 1.64. The van der Waals surface area contributed by atoms with Gasteiger partial charge in [-0.05, 0) is 42.5 Å². The molecule has 1 N–H and O–H groups in total. The molecule has 144 valence electrons. The van der Waals surface area contributed by atoms with Crippen LogP contribution in [0.2, 0.25) is 0 Å². The van der Waals surface area contributed by atoms with Crippen LogP contribution in [0.4, 0.5) is 16.5 Å². The van der Waals surface area contributed by atoms with Gasteiger partial charge in [0.15, 0.2) is 5.82 Å². The molecular formula is C20H21N5O3. The van der Waals surface area contributed by atoms with Crippen molar-refractivity contribution in [2.45, 2.75) is 0 Å². The molecule has 4 rings (SSSR count). The number of urea groups is 1. The number of carbonyl (C=O) groups excluding carboxylic acids is 1. The maximum atomic E-state index is 12.3. The number of hydrogen-bond acceptors (Lipinski definition) is 6. The molecule has 0 saturated carbocycles. The zero-order valence-electron chi connectivity index (χ0n) is 15.5. The molecule has 1 aromatic carbocycles. The van der Waals surface area contributed by atoms with Crippen LogP contribution < -0.4 is 15.0 Å². The molecule has 1 aliphatic rings. The van der Waals surface area contributed by atoms with E-state index >= 15 is 0 Å². The highest BCUT2D eigenvalue weighted by Crippen LogP contribution is 2.22. The molecule has 3 heterocycles. The minimum absolute atomic E-state index is 0.157. The number of rotatable bonds is 4. The SMILES string of the molecule is COc1ccc(-c2ccc(N3CCN(C(=O)Nc4ccco4)CC3)nn2)cc1. The molecule has 0 atom stereocenters. The number of amides is 2. The molecule has 0 spiro atoms. The first-order valence-electron chi connectivity index (χ1n) is 9.05. The highest BCUT2D eigenvalue weighted by atomic mass is 16.5. The summed E-state index contributed by atoms with van der Waals surface area (Å²) < 4.78 is 10.3. The Morgan fingerprint density at radius 3 is 2.43 bits per heavy atom. The minimum Gasteiger partial charge on any atom is -0.497 e. The smallest absolute Gasteiger partial charge is 0.324 e. The van der Waals surface area contributed by atoms with Gasteiger partial charge in [-0.2, -0.15) is 0 Å². The van der Waals surface area contributed by atoms with Gasteiger partial charge in [-0.1, -0.05) is 0 Å². The van der Waals surface area contributed by atoms with E-state index in [1.807, 2.05) is 36.4 Å². The molecule has 2 amide bonds. The topological polar surface area (TPSA) is 83.7 Å². The zero-order valence-corrected chi connectivity index (χ0v) is 15.5. The van der Waals surface area contributed by atoms with Crippen LogP contribution >= 0.6 is 0 Å². The predicted molar refractivity (Wildman–Crippen MR) is 106 cm³/mol. The first-order chi connectivity index (χ1) is 13.7. The minimum atomic E-state index is -0.157. The van der Waals surface area contributed by atoms with Crippen LogP contribution in [0.25, 0.3) is 11.3 Å². The van der Waals surface area contributed by atoms with E-state index in [-0.39, 0.29) is 6.03 Å². The molecule has 0 radical (unpaired) electrons. The summed E-state index contributed by atoms with van der Waals surface area (Å²) >= 11 is 0. The number of methoxy groups -OCH3 is 1. The van der Waals surface area contributed by atoms with E-state index in [0.29, 0.717) is 32.1 Å². The molecule has 3 aromatic rings. The third-order valence-electron chi connectivity index (χ3n) is 4.68. The second-order valence-corrected chi connectivity index (χ2v) is 6.39. The van der Waals surface area contributed by atoms with Crippen LogP contribution in [0, 0.1) is 0 Å². The molecule has 0 aliphatic carbocycles. The number of furan rings is 1. The molecule has 28 heavy (non-hydrogen) atoms. The van der Waals surface area contributed by atoms with Gasteiger partial charge in [-0.25, -0.2) is 4.79 Å². The van der Waals surface area contributed by atoms with Crippen LogP contribution in [0.15, 0.2) is 59.2 Å². The van der Waals surface area contributed by atoms with Crippen molar-refractivity contribution in [3.05, 3.63) is 54.8 Å². The van der Waals surface area contributed by atoms with Gasteiger partial charge in [0.05, 0.1) is 19.1 Å². The third-order valence-corrected chi connectivity index (χ3v) is 4.68. The summed E-state index contributed by atoms with van der Waals surface area (Å²) in [5, 5.41) is 11.5. The van der Waals surface area contributed by atoms with Crippen molar-refractivity contribution in [2.24, 2.45) is 0 Å². The molecule has 8 heteroatoms. The van der Waals surface area contributed by atoms with E-state index in [0.717, 1.165) is 22.8 Å². The Bertz CT molecular complexity index is 902. The monoisotopic (exact) mass is 379 g/mol. The molecule has 1 aliphatic heterocycles. The average Bonchev–Trinajstić information content (AvgIpc) is 3.27. The van der Waals surface area contributed by atoms with E-state index in [4.69, 9.17) is 9.15 Å². The van der Waals surface area contributed by atoms with Crippen molar-refractivity contribution in [3.63, 3.8) is 0 Å². The van der Waals surface area contributed by atoms with E-state index < -0.39 is 0 Å². The molecule has 0 unspecified atom stereocenters. The number of carbonyl (C=O) groups is 1. The van der Waals surface area contributed by atoms with E-state index in [1.54, 1.807) is 24.1 Å². The summed E-state index contributed by atoms with van der Waals surface area (Å²) in [6.45, 7) is 2.60. The first-order valence-corrected chi connectivity index (χ1v) is 9.05. The second kappa shape index (κ2) is 7.99. The van der Waals surface area contributed by atoms with Crippen LogP contribution in [0.1, 0.15) is 0 Å². The maximum absolute atomic E-state index is 12.3. The maximum Gasteiger partial charge on any atom is 0.324 e. The molecule has 8 nitrogen and oxygen atoms in total. The van der Waals surface area contributed by atoms with Crippen LogP contribution in [0.3, 0.4) is 0 Å². The van der Waals surface area contributed by atoms with Gasteiger partial charge in [-0.3, -0.25) is 5.32 Å². The number of hydrogen-bond donors (Lipinski definition) is 1. The lowest BCUT2D eigenvalue weighted by Crippen LogP contribution is -2.50. The number of anilines is 2. The highest BCUT2D eigenvalue weighted by Gasteiger charge is 2.22. The summed E-state index contributed by atoms with van der Waals surface area (Å²) in [6, 6.07) is 14.9. The van der Waals surface area contributed by atoms with Crippen molar-refractivity contribution >= 4 is 17.7 Å². The van der Waals surface area contributed by atoms with Gasteiger partial charge >= 0.3 is 6.03 Å². The molecule has 1 fully saturated rings. The third kappa shape index (κ3) is 3.90. The number of piperazine rings is 1. The largest absolute Gasteiger partial charge is 0.497 e. The number of nitrogens with zero attached hydrogens (tertiary/aromatic N) is 4. The van der Waals surface area contributed by atoms with E-state index in [1.165, 1.54) is 6.26 Å². The van der Waals surface area contributed by atoms with Gasteiger partial charge in [0, 0.05) is 37.8 Å². The molecule has 0 bridgehead atoms. The van der Waals surface area contributed by atoms with Crippen LogP contribution in [-0.2, 0) is 0 Å². The van der Waals surface area contributed by atoms with Gasteiger partial charge < -0.3 is 19.0 Å². The second-order valence-electron chi connectivity index (χ2n) is 6.39. The fourth-order valence-corrected chi connectivity index (χ4v) is 3.08. The predicted octanol–water partition coefficient (Wildman–Crippen LogP) is 3.10. The van der Waals surface area contributed by atoms with Crippen molar-refractivity contribution in [2.75, 3.05) is 43.5 Å². The van der Waals surface area contributed by atoms with Crippen molar-refractivity contribution in [3.8, 4) is 17.0 Å². The normalized spacial score (nSPS) is 14.0. The number of benzene rings is 1. The first kappa shape index (κ1) is 17.8. The Morgan fingerprint density at radius 2 is 1.82 bits per heavy atom. The lowest BCUT2D eigenvalue weighted by Gasteiger charge is -2.34. The van der Waals surface area contributed by atoms with Crippen molar-refractivity contribution in [1.82, 2.24) is 15.1 Å². The molecule has 1 saturated heterocycles. The number of aromatic nitrogens is 2. The average molecular weight is 379 g/mol. The summed E-state index contributed by atoms with van der Waals surface area (Å²) in [5.74, 6) is 2.07. The van der Waals surface area contributed by atoms with Gasteiger partial charge in [-0.15, -0.1) is 10.2 Å². The highest BCUT2D eigenvalue weighted by molar-refractivity contribution is 5.88. The Balaban J connectivity index is 1.34. The lowest BCUT2D eigenvalue weighted by molar-refractivity contribution is 0.207. The Morgan fingerprint density at radius 1 is 1.04 bits per heavy atom. The zero-order chi connectivity index (χ0) is 19.3. The van der Waals surface area contributed by atoms with E-state index in [9.17, 15) is 4.79 Å². The van der Waals surface area contributed by atoms with Gasteiger partial charge in [0.25, 0.3) is 0 Å². The van der Waals surface area contributed by atoms with Crippen LogP contribution in [-0.4, -0.2) is 54.4 Å². The fraction of sp³-hybridized carbons (Fsp3) is 0.250. The Labute approximate surface area is 162 Å². The Kier molecular flexibility index (Phi) is 5.09. The Hall–Kier alpha value is -3.55. The van der Waals surface area contributed by atoms with Gasteiger partial charge in [0.2, 0.25) is 5.88 Å². The summed E-state index contributed by atoms with van der Waals surface area (Å²) in [4.78, 5) is 16.1. The molecular weight excluding hydrogens is 358 g/mol. The van der Waals surface area contributed by atoms with Crippen molar-refractivity contribution in [1.29, 1.82) is 0 Å². The van der Waals surface area contributed by atoms with Gasteiger partial charge in [0.1, 0.15) is 5.75 Å². The standard InChI is InChI=1S/C20H21N5O3/c1-27-16-6-4-15(5-7-16)17-8-9-18(23-22-17)24-10-12-25(13-11-24)20(26)21-19-3-2-14-28-19/h2-9,14H,10-13H2,1H3,(H,21,26).